The van der Waals surface area contributed by atoms with Crippen molar-refractivity contribution in [1.82, 2.24) is 20.5 Å². The van der Waals surface area contributed by atoms with Crippen molar-refractivity contribution in [3.63, 3.8) is 0 Å². The predicted molar refractivity (Wildman–Crippen MR) is 71.7 cm³/mol. The van der Waals surface area contributed by atoms with Gasteiger partial charge in [-0.05, 0) is 18.6 Å². The van der Waals surface area contributed by atoms with Crippen molar-refractivity contribution in [2.24, 2.45) is 0 Å². The van der Waals surface area contributed by atoms with E-state index in [0.717, 1.165) is 5.01 Å². The maximum Gasteiger partial charge on any atom is 0.354 e. The summed E-state index contributed by atoms with van der Waals surface area (Å²) in [5, 5.41) is 22.6. The molecular formula is C11H11N5O3S. The van der Waals surface area contributed by atoms with Crippen LogP contribution in [0.4, 0.5) is 9.93 Å². The smallest absolute Gasteiger partial charge is 0.354 e. The molecule has 0 saturated heterocycles. The fourth-order valence-electron chi connectivity index (χ4n) is 1.33. The van der Waals surface area contributed by atoms with Crippen molar-refractivity contribution in [1.29, 1.82) is 0 Å². The summed E-state index contributed by atoms with van der Waals surface area (Å²) in [6, 6.07) is 2.56. The standard InChI is InChI=1S/C11H11N5O3S/c1-6-15-16-11(20-6)14-10(19)13-5-7-2-3-8(9(17)18)12-4-7/h2-4H,5H2,1H3,(H,17,18)(H2,13,14,16,19). The number of aromatic carboxylic acids is 1. The maximum atomic E-state index is 11.6. The van der Waals surface area contributed by atoms with E-state index < -0.39 is 12.0 Å². The molecule has 0 fully saturated rings. The lowest BCUT2D eigenvalue weighted by Crippen LogP contribution is -2.28. The number of carboxylic acid groups (broad SMARTS) is 1. The molecule has 2 rings (SSSR count). The highest BCUT2D eigenvalue weighted by Crippen LogP contribution is 2.13. The van der Waals surface area contributed by atoms with Crippen molar-refractivity contribution >= 4 is 28.5 Å². The van der Waals surface area contributed by atoms with Gasteiger partial charge in [0.25, 0.3) is 0 Å². The molecule has 2 aromatic rings. The van der Waals surface area contributed by atoms with E-state index in [1.54, 1.807) is 13.0 Å². The van der Waals surface area contributed by atoms with Crippen LogP contribution in [-0.2, 0) is 6.54 Å². The minimum atomic E-state index is -1.09. The fraction of sp³-hybridized carbons (Fsp3) is 0.182. The maximum absolute atomic E-state index is 11.6. The molecule has 2 amide bonds. The third kappa shape index (κ3) is 3.72. The average molecular weight is 293 g/mol. The van der Waals surface area contributed by atoms with E-state index in [0.29, 0.717) is 10.7 Å². The minimum absolute atomic E-state index is 0.0393. The number of hydrogen-bond acceptors (Lipinski definition) is 6. The highest BCUT2D eigenvalue weighted by molar-refractivity contribution is 7.15. The Morgan fingerprint density at radius 3 is 2.70 bits per heavy atom. The number of rotatable bonds is 4. The Morgan fingerprint density at radius 2 is 2.15 bits per heavy atom. The lowest BCUT2D eigenvalue weighted by atomic mass is 10.2. The fourth-order valence-corrected chi connectivity index (χ4v) is 1.91. The van der Waals surface area contributed by atoms with Crippen molar-refractivity contribution in [2.45, 2.75) is 13.5 Å². The van der Waals surface area contributed by atoms with Crippen LogP contribution in [0.1, 0.15) is 21.1 Å². The van der Waals surface area contributed by atoms with E-state index in [4.69, 9.17) is 5.11 Å². The molecule has 2 heterocycles. The summed E-state index contributed by atoms with van der Waals surface area (Å²) in [6.07, 6.45) is 1.40. The van der Waals surface area contributed by atoms with E-state index in [2.05, 4.69) is 25.8 Å². The molecule has 2 aromatic heterocycles. The summed E-state index contributed by atoms with van der Waals surface area (Å²) in [4.78, 5) is 26.0. The third-order valence-electron chi connectivity index (χ3n) is 2.24. The van der Waals surface area contributed by atoms with Gasteiger partial charge in [0, 0.05) is 12.7 Å². The first-order chi connectivity index (χ1) is 9.54. The first-order valence-corrected chi connectivity index (χ1v) is 6.39. The van der Waals surface area contributed by atoms with Crippen LogP contribution in [0, 0.1) is 6.92 Å². The molecule has 0 aliphatic heterocycles. The molecule has 0 radical (unpaired) electrons. The van der Waals surface area contributed by atoms with Gasteiger partial charge in [0.1, 0.15) is 10.7 Å². The first kappa shape index (κ1) is 13.9. The summed E-state index contributed by atoms with van der Waals surface area (Å²) in [5.74, 6) is -1.09. The monoisotopic (exact) mass is 293 g/mol. The molecule has 0 aliphatic carbocycles. The predicted octanol–water partition coefficient (Wildman–Crippen LogP) is 1.26. The summed E-state index contributed by atoms with van der Waals surface area (Å²) < 4.78 is 0. The van der Waals surface area contributed by atoms with Crippen LogP contribution in [0.15, 0.2) is 18.3 Å². The van der Waals surface area contributed by atoms with Gasteiger partial charge in [0.2, 0.25) is 5.13 Å². The molecule has 0 aliphatic rings. The second kappa shape index (κ2) is 6.06. The van der Waals surface area contributed by atoms with Gasteiger partial charge in [-0.3, -0.25) is 5.32 Å². The van der Waals surface area contributed by atoms with E-state index in [1.807, 2.05) is 0 Å². The molecule has 9 heteroatoms. The molecule has 104 valence electrons. The van der Waals surface area contributed by atoms with Crippen molar-refractivity contribution in [2.75, 3.05) is 5.32 Å². The normalized spacial score (nSPS) is 10.1. The number of amides is 2. The average Bonchev–Trinajstić information content (AvgIpc) is 2.82. The molecule has 8 nitrogen and oxygen atoms in total. The van der Waals surface area contributed by atoms with Crippen molar-refractivity contribution in [3.05, 3.63) is 34.6 Å². The number of anilines is 1. The molecule has 0 saturated carbocycles. The minimum Gasteiger partial charge on any atom is -0.477 e. The summed E-state index contributed by atoms with van der Waals surface area (Å²) >= 11 is 1.27. The molecule has 0 bridgehead atoms. The van der Waals surface area contributed by atoms with Gasteiger partial charge < -0.3 is 10.4 Å². The highest BCUT2D eigenvalue weighted by Gasteiger charge is 2.07. The largest absolute Gasteiger partial charge is 0.477 e. The topological polar surface area (TPSA) is 117 Å². The van der Waals surface area contributed by atoms with Crippen molar-refractivity contribution in [3.8, 4) is 0 Å². The zero-order chi connectivity index (χ0) is 14.5. The van der Waals surface area contributed by atoms with Crippen LogP contribution in [0.5, 0.6) is 0 Å². The van der Waals surface area contributed by atoms with E-state index >= 15 is 0 Å². The van der Waals surface area contributed by atoms with Crippen LogP contribution >= 0.6 is 11.3 Å². The number of carboxylic acids is 1. The van der Waals surface area contributed by atoms with Gasteiger partial charge in [0.05, 0.1) is 0 Å². The van der Waals surface area contributed by atoms with Crippen LogP contribution in [0.25, 0.3) is 0 Å². The zero-order valence-electron chi connectivity index (χ0n) is 10.5. The van der Waals surface area contributed by atoms with E-state index in [-0.39, 0.29) is 12.2 Å². The quantitative estimate of drug-likeness (QED) is 0.781. The first-order valence-electron chi connectivity index (χ1n) is 5.58. The summed E-state index contributed by atoms with van der Waals surface area (Å²) in [7, 11) is 0. The van der Waals surface area contributed by atoms with Gasteiger partial charge in [0.15, 0.2) is 0 Å². The number of carbonyl (C=O) groups is 2. The number of hydrogen-bond donors (Lipinski definition) is 3. The Morgan fingerprint density at radius 1 is 1.35 bits per heavy atom. The van der Waals surface area contributed by atoms with Crippen LogP contribution in [-0.4, -0.2) is 32.3 Å². The number of aromatic nitrogens is 3. The van der Waals surface area contributed by atoms with E-state index in [9.17, 15) is 9.59 Å². The summed E-state index contributed by atoms with van der Waals surface area (Å²) in [5.41, 5.74) is 0.654. The second-order valence-electron chi connectivity index (χ2n) is 3.79. The van der Waals surface area contributed by atoms with Gasteiger partial charge in [-0.25, -0.2) is 14.6 Å². The lowest BCUT2D eigenvalue weighted by molar-refractivity contribution is 0.0690. The molecule has 3 N–H and O–H groups in total. The number of nitrogens with zero attached hydrogens (tertiary/aromatic N) is 3. The molecular weight excluding hydrogens is 282 g/mol. The van der Waals surface area contributed by atoms with Gasteiger partial charge in [-0.2, -0.15) is 0 Å². The summed E-state index contributed by atoms with van der Waals surface area (Å²) in [6.45, 7) is 2.02. The van der Waals surface area contributed by atoms with Gasteiger partial charge in [-0.15, -0.1) is 10.2 Å². The van der Waals surface area contributed by atoms with Crippen LogP contribution in [0.3, 0.4) is 0 Å². The van der Waals surface area contributed by atoms with E-state index in [1.165, 1.54) is 23.6 Å². The van der Waals surface area contributed by atoms with Crippen LogP contribution in [0.2, 0.25) is 0 Å². The Kier molecular flexibility index (Phi) is 4.20. The highest BCUT2D eigenvalue weighted by atomic mass is 32.1. The molecule has 0 aromatic carbocycles. The second-order valence-corrected chi connectivity index (χ2v) is 4.97. The molecule has 20 heavy (non-hydrogen) atoms. The van der Waals surface area contributed by atoms with Crippen molar-refractivity contribution < 1.29 is 14.7 Å². The van der Waals surface area contributed by atoms with Gasteiger partial charge >= 0.3 is 12.0 Å². The molecule has 0 unspecified atom stereocenters. The SMILES string of the molecule is Cc1nnc(NC(=O)NCc2ccc(C(=O)O)nc2)s1. The Bertz CT molecular complexity index is 625. The number of urea groups is 1. The zero-order valence-corrected chi connectivity index (χ0v) is 11.3. The Balaban J connectivity index is 1.85. The number of carbonyl (C=O) groups excluding carboxylic acids is 1. The third-order valence-corrected chi connectivity index (χ3v) is 3.00. The number of pyridine rings is 1. The van der Waals surface area contributed by atoms with Crippen LogP contribution < -0.4 is 10.6 Å². The molecule has 0 spiro atoms. The van der Waals surface area contributed by atoms with Gasteiger partial charge in [-0.1, -0.05) is 17.4 Å². The molecule has 0 atom stereocenters. The number of aryl methyl sites for hydroxylation is 1. The Labute approximate surface area is 117 Å². The Hall–Kier alpha value is -2.55. The number of nitrogens with one attached hydrogen (secondary N) is 2. The lowest BCUT2D eigenvalue weighted by Gasteiger charge is -2.05.